The summed E-state index contributed by atoms with van der Waals surface area (Å²) in [5.41, 5.74) is 4.84. The van der Waals surface area contributed by atoms with E-state index in [1.807, 2.05) is 19.9 Å². The van der Waals surface area contributed by atoms with Gasteiger partial charge in [0.25, 0.3) is 5.91 Å². The molecule has 0 atom stereocenters. The summed E-state index contributed by atoms with van der Waals surface area (Å²) < 4.78 is 12.7. The largest absolute Gasteiger partial charge is 0.272 e. The highest BCUT2D eigenvalue weighted by atomic mass is 32.2. The molecule has 114 valence electrons. The van der Waals surface area contributed by atoms with Gasteiger partial charge in [-0.05, 0) is 37.6 Å². The lowest BCUT2D eigenvalue weighted by Gasteiger charge is -2.02. The third kappa shape index (κ3) is 5.25. The van der Waals surface area contributed by atoms with E-state index in [0.717, 1.165) is 11.4 Å². The Kier molecular flexibility index (Phi) is 5.60. The van der Waals surface area contributed by atoms with Crippen molar-refractivity contribution in [1.82, 2.24) is 15.4 Å². The number of hydrogen-bond acceptors (Lipinski definition) is 5. The Morgan fingerprint density at radius 2 is 1.91 bits per heavy atom. The van der Waals surface area contributed by atoms with E-state index in [9.17, 15) is 9.18 Å². The molecule has 22 heavy (non-hydrogen) atoms. The topological polar surface area (TPSA) is 67.2 Å². The van der Waals surface area contributed by atoms with Gasteiger partial charge in [0, 0.05) is 11.4 Å². The van der Waals surface area contributed by atoms with Crippen LogP contribution in [0.1, 0.15) is 17.0 Å². The molecule has 0 radical (unpaired) electrons. The first-order valence-electron chi connectivity index (χ1n) is 6.55. The number of aromatic nitrogens is 2. The van der Waals surface area contributed by atoms with Crippen LogP contribution in [0.5, 0.6) is 0 Å². The van der Waals surface area contributed by atoms with Gasteiger partial charge >= 0.3 is 0 Å². The maximum absolute atomic E-state index is 12.7. The lowest BCUT2D eigenvalue weighted by Crippen LogP contribution is -2.19. The minimum Gasteiger partial charge on any atom is -0.272 e. The van der Waals surface area contributed by atoms with Gasteiger partial charge in [0.15, 0.2) is 5.16 Å². The Bertz CT molecular complexity index is 668. The SMILES string of the molecule is Cc1cc(C)nc(SCC(=O)N/N=C/c2ccc(F)cc2)n1. The molecular formula is C15H15FN4OS. The van der Waals surface area contributed by atoms with E-state index in [2.05, 4.69) is 20.5 Å². The average molecular weight is 318 g/mol. The zero-order valence-corrected chi connectivity index (χ0v) is 13.0. The van der Waals surface area contributed by atoms with Crippen molar-refractivity contribution < 1.29 is 9.18 Å². The van der Waals surface area contributed by atoms with Gasteiger partial charge in [-0.1, -0.05) is 23.9 Å². The molecule has 0 bridgehead atoms. The number of carbonyl (C=O) groups is 1. The molecule has 0 unspecified atom stereocenters. The van der Waals surface area contributed by atoms with E-state index in [1.165, 1.54) is 30.1 Å². The molecule has 0 aliphatic rings. The van der Waals surface area contributed by atoms with Crippen LogP contribution in [0.3, 0.4) is 0 Å². The van der Waals surface area contributed by atoms with Gasteiger partial charge in [0.05, 0.1) is 12.0 Å². The minimum atomic E-state index is -0.314. The number of thioether (sulfide) groups is 1. The zero-order valence-electron chi connectivity index (χ0n) is 12.2. The predicted molar refractivity (Wildman–Crippen MR) is 84.4 cm³/mol. The summed E-state index contributed by atoms with van der Waals surface area (Å²) in [5.74, 6) is -0.402. The van der Waals surface area contributed by atoms with Crippen LogP contribution in [0.2, 0.25) is 0 Å². The van der Waals surface area contributed by atoms with Crippen LogP contribution in [0, 0.1) is 19.7 Å². The molecule has 2 rings (SSSR count). The van der Waals surface area contributed by atoms with Crippen molar-refractivity contribution >= 4 is 23.9 Å². The van der Waals surface area contributed by atoms with Crippen LogP contribution in [-0.4, -0.2) is 27.8 Å². The quantitative estimate of drug-likeness (QED) is 0.398. The van der Waals surface area contributed by atoms with Crippen molar-refractivity contribution in [3.8, 4) is 0 Å². The number of rotatable bonds is 5. The number of nitrogens with one attached hydrogen (secondary N) is 1. The van der Waals surface area contributed by atoms with Crippen molar-refractivity contribution in [3.63, 3.8) is 0 Å². The van der Waals surface area contributed by atoms with Gasteiger partial charge in [0.2, 0.25) is 0 Å². The fraction of sp³-hybridized carbons (Fsp3) is 0.200. The molecule has 5 nitrogen and oxygen atoms in total. The van der Waals surface area contributed by atoms with Gasteiger partial charge in [-0.25, -0.2) is 19.8 Å². The third-order valence-electron chi connectivity index (χ3n) is 2.57. The summed E-state index contributed by atoms with van der Waals surface area (Å²) in [7, 11) is 0. The summed E-state index contributed by atoms with van der Waals surface area (Å²) in [6, 6.07) is 7.68. The molecule has 0 saturated carbocycles. The van der Waals surface area contributed by atoms with Crippen LogP contribution in [0.15, 0.2) is 40.6 Å². The molecule has 0 fully saturated rings. The lowest BCUT2D eigenvalue weighted by molar-refractivity contribution is -0.118. The van der Waals surface area contributed by atoms with Crippen molar-refractivity contribution in [1.29, 1.82) is 0 Å². The summed E-state index contributed by atoms with van der Waals surface area (Å²) in [6.45, 7) is 3.76. The Labute approximate surface area is 132 Å². The first kappa shape index (κ1) is 16.1. The second kappa shape index (κ2) is 7.65. The standard InChI is InChI=1S/C15H15FN4OS/c1-10-7-11(2)19-15(18-10)22-9-14(21)20-17-8-12-3-5-13(16)6-4-12/h3-8H,9H2,1-2H3,(H,20,21)/b17-8+. The monoisotopic (exact) mass is 318 g/mol. The second-order valence-corrected chi connectivity index (χ2v) is 5.51. The number of carbonyl (C=O) groups excluding carboxylic acids is 1. The molecule has 2 aromatic rings. The molecular weight excluding hydrogens is 303 g/mol. The number of aryl methyl sites for hydroxylation is 2. The van der Waals surface area contributed by atoms with Crippen molar-refractivity contribution in [2.45, 2.75) is 19.0 Å². The second-order valence-electron chi connectivity index (χ2n) is 4.57. The van der Waals surface area contributed by atoms with Gasteiger partial charge < -0.3 is 0 Å². The minimum absolute atomic E-state index is 0.170. The zero-order chi connectivity index (χ0) is 15.9. The van der Waals surface area contributed by atoms with E-state index in [1.54, 1.807) is 12.1 Å². The van der Waals surface area contributed by atoms with Gasteiger partial charge in [-0.2, -0.15) is 5.10 Å². The van der Waals surface area contributed by atoms with E-state index < -0.39 is 0 Å². The van der Waals surface area contributed by atoms with Crippen molar-refractivity contribution in [2.24, 2.45) is 5.10 Å². The molecule has 1 N–H and O–H groups in total. The highest BCUT2D eigenvalue weighted by Gasteiger charge is 2.05. The van der Waals surface area contributed by atoms with Crippen molar-refractivity contribution in [3.05, 3.63) is 53.1 Å². The molecule has 0 aliphatic carbocycles. The van der Waals surface area contributed by atoms with Gasteiger partial charge in [-0.3, -0.25) is 4.79 Å². The van der Waals surface area contributed by atoms with Crippen LogP contribution in [0.4, 0.5) is 4.39 Å². The van der Waals surface area contributed by atoms with Gasteiger partial charge in [0.1, 0.15) is 5.82 Å². The molecule has 1 amide bonds. The molecule has 1 aromatic heterocycles. The predicted octanol–water partition coefficient (Wildman–Crippen LogP) is 2.47. The Balaban J connectivity index is 1.81. The maximum Gasteiger partial charge on any atom is 0.250 e. The Hall–Kier alpha value is -2.28. The van der Waals surface area contributed by atoms with E-state index in [-0.39, 0.29) is 17.5 Å². The van der Waals surface area contributed by atoms with Crippen LogP contribution in [0.25, 0.3) is 0 Å². The fourth-order valence-electron chi connectivity index (χ4n) is 1.65. The highest BCUT2D eigenvalue weighted by Crippen LogP contribution is 2.13. The van der Waals surface area contributed by atoms with Gasteiger partial charge in [-0.15, -0.1) is 0 Å². The van der Waals surface area contributed by atoms with E-state index in [4.69, 9.17) is 0 Å². The molecule has 1 heterocycles. The number of hydrazone groups is 1. The normalized spacial score (nSPS) is 10.9. The average Bonchev–Trinajstić information content (AvgIpc) is 2.46. The Morgan fingerprint density at radius 1 is 1.27 bits per heavy atom. The number of amides is 1. The number of halogens is 1. The van der Waals surface area contributed by atoms with Crippen LogP contribution >= 0.6 is 11.8 Å². The highest BCUT2D eigenvalue weighted by molar-refractivity contribution is 7.99. The summed E-state index contributed by atoms with van der Waals surface area (Å²) in [6.07, 6.45) is 1.45. The smallest absolute Gasteiger partial charge is 0.250 e. The molecule has 7 heteroatoms. The number of benzene rings is 1. The Morgan fingerprint density at radius 3 is 2.55 bits per heavy atom. The third-order valence-corrected chi connectivity index (χ3v) is 3.41. The maximum atomic E-state index is 12.7. The summed E-state index contributed by atoms with van der Waals surface area (Å²) >= 11 is 1.25. The number of nitrogens with zero attached hydrogens (tertiary/aromatic N) is 3. The summed E-state index contributed by atoms with van der Waals surface area (Å²) in [4.78, 5) is 20.1. The molecule has 0 aliphatic heterocycles. The number of hydrogen-bond donors (Lipinski definition) is 1. The first-order chi connectivity index (χ1) is 10.5. The molecule has 0 saturated heterocycles. The van der Waals surface area contributed by atoms with E-state index in [0.29, 0.717) is 10.7 Å². The fourth-order valence-corrected chi connectivity index (χ4v) is 2.39. The first-order valence-corrected chi connectivity index (χ1v) is 7.54. The molecule has 1 aromatic carbocycles. The summed E-state index contributed by atoms with van der Waals surface area (Å²) in [5, 5.41) is 4.38. The van der Waals surface area contributed by atoms with Crippen LogP contribution < -0.4 is 5.43 Å². The van der Waals surface area contributed by atoms with E-state index >= 15 is 0 Å². The lowest BCUT2D eigenvalue weighted by atomic mass is 10.2. The molecule has 0 spiro atoms. The van der Waals surface area contributed by atoms with Crippen molar-refractivity contribution in [2.75, 3.05) is 5.75 Å². The van der Waals surface area contributed by atoms with Crippen LogP contribution in [-0.2, 0) is 4.79 Å².